The molecule has 3 aromatic rings. The molecule has 0 N–H and O–H groups in total. The highest BCUT2D eigenvalue weighted by molar-refractivity contribution is 9.10. The number of amides is 1. The van der Waals surface area contributed by atoms with E-state index >= 15 is 0 Å². The third-order valence-corrected chi connectivity index (χ3v) is 6.46. The Balaban J connectivity index is 1.39. The van der Waals surface area contributed by atoms with E-state index in [1.54, 1.807) is 12.1 Å². The van der Waals surface area contributed by atoms with Gasteiger partial charge in [-0.05, 0) is 68.4 Å². The number of piperazine rings is 1. The maximum atomic E-state index is 13.3. The Kier molecular flexibility index (Phi) is 6.58. The number of rotatable bonds is 5. The molecule has 1 amide bonds. The van der Waals surface area contributed by atoms with E-state index in [9.17, 15) is 14.0 Å². The Bertz CT molecular complexity index is 1130. The van der Waals surface area contributed by atoms with Gasteiger partial charge in [0.15, 0.2) is 5.78 Å². The molecule has 1 aliphatic rings. The summed E-state index contributed by atoms with van der Waals surface area (Å²) in [6.45, 7) is 6.68. The second-order valence-corrected chi connectivity index (χ2v) is 9.01. The summed E-state index contributed by atoms with van der Waals surface area (Å²) >= 11 is 3.39. The van der Waals surface area contributed by atoms with Crippen LogP contribution in [0.3, 0.4) is 0 Å². The minimum atomic E-state index is -0.287. The zero-order valence-electron chi connectivity index (χ0n) is 18.1. The molecule has 1 fully saturated rings. The van der Waals surface area contributed by atoms with E-state index in [2.05, 4.69) is 20.8 Å². The highest BCUT2D eigenvalue weighted by Gasteiger charge is 2.25. The molecule has 1 aliphatic heterocycles. The van der Waals surface area contributed by atoms with Crippen LogP contribution in [0.2, 0.25) is 0 Å². The van der Waals surface area contributed by atoms with Crippen molar-refractivity contribution in [3.05, 3.63) is 87.4 Å². The number of hydrogen-bond acceptors (Lipinski definition) is 3. The molecule has 4 rings (SSSR count). The lowest BCUT2D eigenvalue weighted by Gasteiger charge is -2.34. The van der Waals surface area contributed by atoms with Gasteiger partial charge in [-0.25, -0.2) is 4.39 Å². The van der Waals surface area contributed by atoms with Crippen LogP contribution < -0.4 is 0 Å². The van der Waals surface area contributed by atoms with E-state index in [0.717, 1.165) is 21.5 Å². The summed E-state index contributed by atoms with van der Waals surface area (Å²) < 4.78 is 16.2. The van der Waals surface area contributed by atoms with Gasteiger partial charge in [0.2, 0.25) is 0 Å². The summed E-state index contributed by atoms with van der Waals surface area (Å²) in [5.74, 6) is -0.212. The monoisotopic (exact) mass is 497 g/mol. The molecule has 0 atom stereocenters. The van der Waals surface area contributed by atoms with Crippen LogP contribution in [0.5, 0.6) is 0 Å². The van der Waals surface area contributed by atoms with Crippen LogP contribution in [0.1, 0.15) is 32.1 Å². The van der Waals surface area contributed by atoms with Crippen molar-refractivity contribution in [2.24, 2.45) is 0 Å². The highest BCUT2D eigenvalue weighted by Crippen LogP contribution is 2.22. The standard InChI is InChI=1S/C25H25BrFN3O2/c1-17-15-23(18(2)30(17)22-9-7-21(27)8-10-22)24(31)16-28-11-13-29(14-12-28)25(32)19-3-5-20(26)6-4-19/h3-10,15H,11-14,16H2,1-2H3. The van der Waals surface area contributed by atoms with Crippen molar-refractivity contribution >= 4 is 27.6 Å². The van der Waals surface area contributed by atoms with Crippen molar-refractivity contribution in [3.63, 3.8) is 0 Å². The van der Waals surface area contributed by atoms with Crippen LogP contribution in [0.15, 0.2) is 59.1 Å². The van der Waals surface area contributed by atoms with Gasteiger partial charge in [-0.2, -0.15) is 0 Å². The molecule has 0 aliphatic carbocycles. The molecule has 0 saturated carbocycles. The summed E-state index contributed by atoms with van der Waals surface area (Å²) in [6.07, 6.45) is 0. The van der Waals surface area contributed by atoms with Crippen molar-refractivity contribution < 1.29 is 14.0 Å². The molecular formula is C25H25BrFN3O2. The minimum Gasteiger partial charge on any atom is -0.336 e. The zero-order valence-corrected chi connectivity index (χ0v) is 19.7. The molecule has 32 heavy (non-hydrogen) atoms. The van der Waals surface area contributed by atoms with Crippen molar-refractivity contribution in [2.75, 3.05) is 32.7 Å². The largest absolute Gasteiger partial charge is 0.336 e. The predicted octanol–water partition coefficient (Wildman–Crippen LogP) is 4.64. The maximum Gasteiger partial charge on any atom is 0.253 e. The van der Waals surface area contributed by atoms with E-state index in [1.807, 2.05) is 53.6 Å². The molecule has 0 unspecified atom stereocenters. The molecule has 5 nitrogen and oxygen atoms in total. The summed E-state index contributed by atoms with van der Waals surface area (Å²) in [7, 11) is 0. The number of nitrogens with zero attached hydrogens (tertiary/aromatic N) is 3. The van der Waals surface area contributed by atoms with E-state index in [4.69, 9.17) is 0 Å². The van der Waals surface area contributed by atoms with Gasteiger partial charge in [0.1, 0.15) is 5.82 Å². The topological polar surface area (TPSA) is 45.6 Å². The molecular weight excluding hydrogens is 473 g/mol. The van der Waals surface area contributed by atoms with Gasteiger partial charge in [0.25, 0.3) is 5.91 Å². The van der Waals surface area contributed by atoms with Crippen molar-refractivity contribution in [1.29, 1.82) is 0 Å². The van der Waals surface area contributed by atoms with Gasteiger partial charge in [-0.1, -0.05) is 15.9 Å². The van der Waals surface area contributed by atoms with Crippen LogP contribution >= 0.6 is 15.9 Å². The maximum absolute atomic E-state index is 13.3. The lowest BCUT2D eigenvalue weighted by Crippen LogP contribution is -2.49. The van der Waals surface area contributed by atoms with Crippen LogP contribution in [-0.4, -0.2) is 58.8 Å². The first-order valence-electron chi connectivity index (χ1n) is 10.6. The van der Waals surface area contributed by atoms with Gasteiger partial charge in [0, 0.05) is 58.9 Å². The van der Waals surface area contributed by atoms with Crippen molar-refractivity contribution in [1.82, 2.24) is 14.4 Å². The quantitative estimate of drug-likeness (QED) is 0.482. The smallest absolute Gasteiger partial charge is 0.253 e. The number of aryl methyl sites for hydroxylation is 1. The van der Waals surface area contributed by atoms with Crippen LogP contribution in [0.4, 0.5) is 4.39 Å². The summed E-state index contributed by atoms with van der Waals surface area (Å²) in [5.41, 5.74) is 3.97. The number of benzene rings is 2. The molecule has 2 aromatic carbocycles. The summed E-state index contributed by atoms with van der Waals surface area (Å²) in [5, 5.41) is 0. The first-order chi connectivity index (χ1) is 15.3. The fraction of sp³-hybridized carbons (Fsp3) is 0.280. The second-order valence-electron chi connectivity index (χ2n) is 8.10. The molecule has 1 aromatic heterocycles. The lowest BCUT2D eigenvalue weighted by molar-refractivity contribution is 0.0624. The molecule has 0 spiro atoms. The lowest BCUT2D eigenvalue weighted by atomic mass is 10.1. The Morgan fingerprint density at radius 2 is 1.56 bits per heavy atom. The fourth-order valence-corrected chi connectivity index (χ4v) is 4.47. The van der Waals surface area contributed by atoms with Gasteiger partial charge in [-0.3, -0.25) is 14.5 Å². The Labute approximate surface area is 195 Å². The highest BCUT2D eigenvalue weighted by atomic mass is 79.9. The third-order valence-electron chi connectivity index (χ3n) is 5.93. The normalized spacial score (nSPS) is 14.6. The number of halogens is 2. The Morgan fingerprint density at radius 3 is 2.19 bits per heavy atom. The molecule has 2 heterocycles. The zero-order chi connectivity index (χ0) is 22.8. The van der Waals surface area contributed by atoms with Gasteiger partial charge in [0.05, 0.1) is 6.54 Å². The van der Waals surface area contributed by atoms with Gasteiger partial charge < -0.3 is 9.47 Å². The van der Waals surface area contributed by atoms with E-state index in [0.29, 0.717) is 43.9 Å². The Morgan fingerprint density at radius 1 is 0.938 bits per heavy atom. The van der Waals surface area contributed by atoms with E-state index in [-0.39, 0.29) is 17.5 Å². The van der Waals surface area contributed by atoms with Gasteiger partial charge in [-0.15, -0.1) is 0 Å². The van der Waals surface area contributed by atoms with Crippen LogP contribution in [0.25, 0.3) is 5.69 Å². The third kappa shape index (κ3) is 4.69. The Hall–Kier alpha value is -2.77. The number of hydrogen-bond donors (Lipinski definition) is 0. The second kappa shape index (κ2) is 9.38. The number of aromatic nitrogens is 1. The molecule has 0 bridgehead atoms. The number of Topliss-reactive ketones (excluding diaryl/α,β-unsaturated/α-hetero) is 1. The fourth-order valence-electron chi connectivity index (χ4n) is 4.20. The average molecular weight is 498 g/mol. The minimum absolute atomic E-state index is 0.0197. The summed E-state index contributed by atoms with van der Waals surface area (Å²) in [4.78, 5) is 29.7. The first-order valence-corrected chi connectivity index (χ1v) is 11.4. The number of carbonyl (C=O) groups excluding carboxylic acids is 2. The van der Waals surface area contributed by atoms with Crippen molar-refractivity contribution in [3.8, 4) is 5.69 Å². The number of ketones is 1. The van der Waals surface area contributed by atoms with Crippen molar-refractivity contribution in [2.45, 2.75) is 13.8 Å². The summed E-state index contributed by atoms with van der Waals surface area (Å²) in [6, 6.07) is 15.5. The predicted molar refractivity (Wildman–Crippen MR) is 126 cm³/mol. The van der Waals surface area contributed by atoms with E-state index < -0.39 is 0 Å². The molecule has 1 saturated heterocycles. The van der Waals surface area contributed by atoms with E-state index in [1.165, 1.54) is 12.1 Å². The SMILES string of the molecule is Cc1cc(C(=O)CN2CCN(C(=O)c3ccc(Br)cc3)CC2)c(C)n1-c1ccc(F)cc1. The van der Waals surface area contributed by atoms with Gasteiger partial charge >= 0.3 is 0 Å². The van der Waals surface area contributed by atoms with Crippen LogP contribution in [-0.2, 0) is 0 Å². The number of carbonyl (C=O) groups is 2. The first kappa shape index (κ1) is 22.4. The molecule has 166 valence electrons. The molecule has 7 heteroatoms. The average Bonchev–Trinajstić information content (AvgIpc) is 3.09. The molecule has 0 radical (unpaired) electrons. The van der Waals surface area contributed by atoms with Crippen LogP contribution in [0, 0.1) is 19.7 Å².